The van der Waals surface area contributed by atoms with Crippen molar-refractivity contribution in [3.8, 4) is 0 Å². The molecule has 5 heteroatoms. The van der Waals surface area contributed by atoms with E-state index in [0.29, 0.717) is 18.9 Å². The van der Waals surface area contributed by atoms with Gasteiger partial charge in [-0.2, -0.15) is 0 Å². The van der Waals surface area contributed by atoms with Crippen molar-refractivity contribution in [2.45, 2.75) is 58.8 Å². The summed E-state index contributed by atoms with van der Waals surface area (Å²) in [5, 5.41) is 0. The fourth-order valence-electron chi connectivity index (χ4n) is 3.55. The van der Waals surface area contributed by atoms with Gasteiger partial charge in [0.05, 0.1) is 5.41 Å². The number of likely N-dealkylation sites (tertiary alicyclic amines) is 1. The van der Waals surface area contributed by atoms with Gasteiger partial charge < -0.3 is 16.4 Å². The Bertz CT molecular complexity index is 343. The molecule has 2 amide bonds. The van der Waals surface area contributed by atoms with Crippen LogP contribution in [0.2, 0.25) is 0 Å². The highest BCUT2D eigenvalue weighted by Gasteiger charge is 2.39. The summed E-state index contributed by atoms with van der Waals surface area (Å²) in [5.41, 5.74) is 10.8. The van der Waals surface area contributed by atoms with Crippen LogP contribution in [-0.4, -0.2) is 36.3 Å². The van der Waals surface area contributed by atoms with Crippen LogP contribution in [0.3, 0.4) is 0 Å². The van der Waals surface area contributed by atoms with E-state index in [1.54, 1.807) is 0 Å². The van der Waals surface area contributed by atoms with E-state index < -0.39 is 0 Å². The van der Waals surface area contributed by atoms with Crippen molar-refractivity contribution in [2.24, 2.45) is 22.8 Å². The maximum atomic E-state index is 12.9. The number of nitrogens with two attached hydrogens (primary N) is 2. The van der Waals surface area contributed by atoms with Crippen LogP contribution in [-0.2, 0) is 9.59 Å². The number of hydrogen-bond acceptors (Lipinski definition) is 3. The lowest BCUT2D eigenvalue weighted by Crippen LogP contribution is -2.50. The second-order valence-electron chi connectivity index (χ2n) is 6.39. The summed E-state index contributed by atoms with van der Waals surface area (Å²) in [6, 6.07) is 0. The highest BCUT2D eigenvalue weighted by atomic mass is 16.2. The first-order chi connectivity index (χ1) is 9.99. The summed E-state index contributed by atoms with van der Waals surface area (Å²) in [6.07, 6.45) is 5.84. The number of nitrogens with zero attached hydrogens (tertiary/aromatic N) is 1. The predicted octanol–water partition coefficient (Wildman–Crippen LogP) is 1.65. The van der Waals surface area contributed by atoms with Gasteiger partial charge in [0.15, 0.2) is 0 Å². The van der Waals surface area contributed by atoms with E-state index in [2.05, 4.69) is 13.8 Å². The van der Waals surface area contributed by atoms with Gasteiger partial charge in [-0.3, -0.25) is 9.59 Å². The minimum atomic E-state index is -0.389. The zero-order chi connectivity index (χ0) is 15.9. The summed E-state index contributed by atoms with van der Waals surface area (Å²) in [6.45, 7) is 6.09. The lowest BCUT2D eigenvalue weighted by atomic mass is 9.77. The fourth-order valence-corrected chi connectivity index (χ4v) is 3.55. The van der Waals surface area contributed by atoms with Crippen LogP contribution in [0.1, 0.15) is 58.8 Å². The monoisotopic (exact) mass is 297 g/mol. The summed E-state index contributed by atoms with van der Waals surface area (Å²) in [5.74, 6) is 0.301. The van der Waals surface area contributed by atoms with Gasteiger partial charge in [0.2, 0.25) is 11.8 Å². The lowest BCUT2D eigenvalue weighted by molar-refractivity contribution is -0.144. The molecule has 0 unspecified atom stereocenters. The number of rotatable bonds is 8. The third-order valence-electron chi connectivity index (χ3n) is 4.69. The van der Waals surface area contributed by atoms with Gasteiger partial charge in [0, 0.05) is 26.1 Å². The first-order valence-electron chi connectivity index (χ1n) is 8.26. The van der Waals surface area contributed by atoms with Gasteiger partial charge in [-0.15, -0.1) is 0 Å². The Kier molecular flexibility index (Phi) is 7.15. The van der Waals surface area contributed by atoms with Crippen LogP contribution in [0.5, 0.6) is 0 Å². The number of primary amides is 1. The molecule has 0 aliphatic carbocycles. The van der Waals surface area contributed by atoms with Crippen LogP contribution in [0.4, 0.5) is 0 Å². The molecule has 1 aliphatic heterocycles. The standard InChI is InChI=1S/C16H31N3O2/c1-3-7-16(12-17,8-4-2)15(21)19-9-5-13(6-10-19)11-14(18)20/h13H,3-12,17H2,1-2H3,(H2,18,20). The molecular formula is C16H31N3O2. The Hall–Kier alpha value is -1.10. The second-order valence-corrected chi connectivity index (χ2v) is 6.39. The molecule has 1 saturated heterocycles. The summed E-state index contributed by atoms with van der Waals surface area (Å²) in [4.78, 5) is 25.9. The van der Waals surface area contributed by atoms with Crippen molar-refractivity contribution in [1.29, 1.82) is 0 Å². The molecule has 0 aromatic carbocycles. The van der Waals surface area contributed by atoms with Gasteiger partial charge in [-0.05, 0) is 31.6 Å². The van der Waals surface area contributed by atoms with Crippen molar-refractivity contribution < 1.29 is 9.59 Å². The van der Waals surface area contributed by atoms with Gasteiger partial charge >= 0.3 is 0 Å². The normalized spacial score (nSPS) is 17.0. The molecule has 0 spiro atoms. The number of hydrogen-bond donors (Lipinski definition) is 2. The Morgan fingerprint density at radius 2 is 1.67 bits per heavy atom. The molecule has 1 fully saturated rings. The Morgan fingerprint density at radius 3 is 2.05 bits per heavy atom. The van der Waals surface area contributed by atoms with Gasteiger partial charge in [0.25, 0.3) is 0 Å². The lowest BCUT2D eigenvalue weighted by Gasteiger charge is -2.39. The Morgan fingerprint density at radius 1 is 1.14 bits per heavy atom. The van der Waals surface area contributed by atoms with Gasteiger partial charge in [-0.25, -0.2) is 0 Å². The Labute approximate surface area is 128 Å². The molecule has 5 nitrogen and oxygen atoms in total. The molecule has 1 rings (SSSR count). The van der Waals surface area contributed by atoms with Crippen LogP contribution in [0, 0.1) is 11.3 Å². The summed E-state index contributed by atoms with van der Waals surface area (Å²) in [7, 11) is 0. The topological polar surface area (TPSA) is 89.4 Å². The number of carbonyl (C=O) groups is 2. The van der Waals surface area contributed by atoms with Crippen LogP contribution < -0.4 is 11.5 Å². The van der Waals surface area contributed by atoms with Gasteiger partial charge in [0.1, 0.15) is 0 Å². The molecule has 21 heavy (non-hydrogen) atoms. The molecule has 4 N–H and O–H groups in total. The average Bonchev–Trinajstić information content (AvgIpc) is 2.46. The minimum Gasteiger partial charge on any atom is -0.370 e. The highest BCUT2D eigenvalue weighted by molar-refractivity contribution is 5.83. The van der Waals surface area contributed by atoms with Gasteiger partial charge in [-0.1, -0.05) is 26.7 Å². The van der Waals surface area contributed by atoms with Crippen molar-refractivity contribution >= 4 is 11.8 Å². The molecule has 1 aliphatic rings. The van der Waals surface area contributed by atoms with E-state index in [1.807, 2.05) is 4.90 Å². The van der Waals surface area contributed by atoms with Crippen LogP contribution in [0.15, 0.2) is 0 Å². The zero-order valence-electron chi connectivity index (χ0n) is 13.6. The van der Waals surface area contributed by atoms with E-state index in [4.69, 9.17) is 11.5 Å². The van der Waals surface area contributed by atoms with Crippen molar-refractivity contribution in [3.63, 3.8) is 0 Å². The zero-order valence-corrected chi connectivity index (χ0v) is 13.6. The molecule has 1 heterocycles. The molecule has 0 radical (unpaired) electrons. The number of amides is 2. The first-order valence-corrected chi connectivity index (χ1v) is 8.26. The largest absolute Gasteiger partial charge is 0.370 e. The Balaban J connectivity index is 2.67. The summed E-state index contributed by atoms with van der Waals surface area (Å²) >= 11 is 0. The molecule has 0 aromatic heterocycles. The van der Waals surface area contributed by atoms with Crippen molar-refractivity contribution in [1.82, 2.24) is 4.90 Å². The average molecular weight is 297 g/mol. The SMILES string of the molecule is CCCC(CN)(CCC)C(=O)N1CCC(CC(N)=O)CC1. The van der Waals surface area contributed by atoms with E-state index in [9.17, 15) is 9.59 Å². The molecular weight excluding hydrogens is 266 g/mol. The predicted molar refractivity (Wildman–Crippen MR) is 84.4 cm³/mol. The highest BCUT2D eigenvalue weighted by Crippen LogP contribution is 2.33. The maximum absolute atomic E-state index is 12.9. The fraction of sp³-hybridized carbons (Fsp3) is 0.875. The van der Waals surface area contributed by atoms with Crippen LogP contribution >= 0.6 is 0 Å². The number of piperidine rings is 1. The van der Waals surface area contributed by atoms with E-state index in [1.165, 1.54) is 0 Å². The van der Waals surface area contributed by atoms with Crippen molar-refractivity contribution in [3.05, 3.63) is 0 Å². The van der Waals surface area contributed by atoms with E-state index in [-0.39, 0.29) is 17.2 Å². The van der Waals surface area contributed by atoms with E-state index in [0.717, 1.165) is 51.6 Å². The second kappa shape index (κ2) is 8.37. The number of carbonyl (C=O) groups excluding carboxylic acids is 2. The molecule has 0 saturated carbocycles. The van der Waals surface area contributed by atoms with Crippen LogP contribution in [0.25, 0.3) is 0 Å². The molecule has 0 atom stereocenters. The molecule has 0 aromatic rings. The third kappa shape index (κ3) is 4.70. The molecule has 0 bridgehead atoms. The maximum Gasteiger partial charge on any atom is 0.230 e. The minimum absolute atomic E-state index is 0.214. The third-order valence-corrected chi connectivity index (χ3v) is 4.69. The first kappa shape index (κ1) is 18.0. The summed E-state index contributed by atoms with van der Waals surface area (Å²) < 4.78 is 0. The molecule has 122 valence electrons. The van der Waals surface area contributed by atoms with E-state index >= 15 is 0 Å². The van der Waals surface area contributed by atoms with Crippen molar-refractivity contribution in [2.75, 3.05) is 19.6 Å². The smallest absolute Gasteiger partial charge is 0.230 e. The quantitative estimate of drug-likeness (QED) is 0.714.